The van der Waals surface area contributed by atoms with Crippen molar-refractivity contribution in [2.24, 2.45) is 4.99 Å². The van der Waals surface area contributed by atoms with Crippen molar-refractivity contribution in [3.8, 4) is 0 Å². The third-order valence-electron chi connectivity index (χ3n) is 3.62. The Morgan fingerprint density at radius 1 is 1.22 bits per heavy atom. The lowest BCUT2D eigenvalue weighted by Crippen LogP contribution is -2.39. The van der Waals surface area contributed by atoms with Gasteiger partial charge in [0.25, 0.3) is 0 Å². The monoisotopic (exact) mass is 443 g/mol. The van der Waals surface area contributed by atoms with Crippen molar-refractivity contribution in [2.45, 2.75) is 26.2 Å². The van der Waals surface area contributed by atoms with Gasteiger partial charge >= 0.3 is 0 Å². The summed E-state index contributed by atoms with van der Waals surface area (Å²) in [7, 11) is 1.82. The van der Waals surface area contributed by atoms with Crippen LogP contribution in [0.25, 0.3) is 0 Å². The lowest BCUT2D eigenvalue weighted by molar-refractivity contribution is 0.707. The molecule has 126 valence electrons. The highest BCUT2D eigenvalue weighted by atomic mass is 127. The largest absolute Gasteiger partial charge is 0.356 e. The summed E-state index contributed by atoms with van der Waals surface area (Å²) < 4.78 is 0. The molecule has 0 bridgehead atoms. The molecule has 1 aromatic carbocycles. The third kappa shape index (κ3) is 6.91. The van der Waals surface area contributed by atoms with E-state index in [0.29, 0.717) is 5.92 Å². The van der Waals surface area contributed by atoms with Crippen molar-refractivity contribution in [1.82, 2.24) is 10.6 Å². The van der Waals surface area contributed by atoms with E-state index in [1.54, 1.807) is 11.3 Å². The van der Waals surface area contributed by atoms with Gasteiger partial charge in [0.2, 0.25) is 0 Å². The smallest absolute Gasteiger partial charge is 0.191 e. The van der Waals surface area contributed by atoms with Crippen LogP contribution in [0.1, 0.15) is 28.8 Å². The molecule has 0 spiro atoms. The standard InChI is InChI=1S/C18H25N3S.HI/c1-14-6-4-7-16(12-14)9-10-20-18(19-3)21-13-15(2)17-8-5-11-22-17;/h4-8,11-12,15H,9-10,13H2,1-3H3,(H2,19,20,21);1H. The van der Waals surface area contributed by atoms with Gasteiger partial charge in [0.05, 0.1) is 0 Å². The van der Waals surface area contributed by atoms with Crippen LogP contribution < -0.4 is 10.6 Å². The van der Waals surface area contributed by atoms with E-state index >= 15 is 0 Å². The van der Waals surface area contributed by atoms with Crippen LogP contribution in [0.5, 0.6) is 0 Å². The minimum atomic E-state index is 0. The molecule has 0 saturated heterocycles. The second kappa shape index (κ2) is 10.6. The molecule has 3 nitrogen and oxygen atoms in total. The van der Waals surface area contributed by atoms with E-state index in [2.05, 4.69) is 71.3 Å². The van der Waals surface area contributed by atoms with E-state index in [1.165, 1.54) is 16.0 Å². The van der Waals surface area contributed by atoms with E-state index in [0.717, 1.165) is 25.5 Å². The van der Waals surface area contributed by atoms with Gasteiger partial charge in [0.15, 0.2) is 5.96 Å². The molecule has 2 N–H and O–H groups in total. The SMILES string of the molecule is CN=C(NCCc1cccc(C)c1)NCC(C)c1cccs1.I. The van der Waals surface area contributed by atoms with Gasteiger partial charge in [-0.15, -0.1) is 35.3 Å². The number of hydrogen-bond acceptors (Lipinski definition) is 2. The van der Waals surface area contributed by atoms with E-state index in [9.17, 15) is 0 Å². The molecule has 23 heavy (non-hydrogen) atoms. The molecular formula is C18H26IN3S. The van der Waals surface area contributed by atoms with Crippen molar-refractivity contribution in [3.63, 3.8) is 0 Å². The van der Waals surface area contributed by atoms with Gasteiger partial charge in [-0.3, -0.25) is 4.99 Å². The summed E-state index contributed by atoms with van der Waals surface area (Å²) in [6.45, 7) is 6.14. The molecule has 5 heteroatoms. The number of aryl methyl sites for hydroxylation is 1. The minimum absolute atomic E-state index is 0. The Labute approximate surface area is 160 Å². The van der Waals surface area contributed by atoms with Crippen LogP contribution in [0.15, 0.2) is 46.8 Å². The first-order valence-corrected chi connectivity index (χ1v) is 8.60. The molecule has 1 heterocycles. The molecular weight excluding hydrogens is 417 g/mol. The van der Waals surface area contributed by atoms with Gasteiger partial charge in [0, 0.05) is 30.9 Å². The number of hydrogen-bond donors (Lipinski definition) is 2. The third-order valence-corrected chi connectivity index (χ3v) is 4.72. The van der Waals surface area contributed by atoms with Crippen molar-refractivity contribution in [2.75, 3.05) is 20.1 Å². The van der Waals surface area contributed by atoms with Gasteiger partial charge in [-0.25, -0.2) is 0 Å². The first-order chi connectivity index (χ1) is 10.7. The number of halogens is 1. The van der Waals surface area contributed by atoms with Gasteiger partial charge in [-0.2, -0.15) is 0 Å². The molecule has 2 aromatic rings. The predicted molar refractivity (Wildman–Crippen MR) is 112 cm³/mol. The molecule has 1 aromatic heterocycles. The van der Waals surface area contributed by atoms with Gasteiger partial charge < -0.3 is 10.6 Å². The molecule has 0 aliphatic heterocycles. The Kier molecular flexibility index (Phi) is 9.24. The van der Waals surface area contributed by atoms with E-state index in [-0.39, 0.29) is 24.0 Å². The topological polar surface area (TPSA) is 36.4 Å². The molecule has 0 radical (unpaired) electrons. The Morgan fingerprint density at radius 3 is 2.70 bits per heavy atom. The summed E-state index contributed by atoms with van der Waals surface area (Å²) >= 11 is 1.81. The number of guanidine groups is 1. The number of rotatable bonds is 6. The van der Waals surface area contributed by atoms with Crippen LogP contribution in [0.2, 0.25) is 0 Å². The fraction of sp³-hybridized carbons (Fsp3) is 0.389. The number of benzene rings is 1. The molecule has 2 rings (SSSR count). The zero-order valence-electron chi connectivity index (χ0n) is 14.0. The fourth-order valence-corrected chi connectivity index (χ4v) is 3.12. The quantitative estimate of drug-likeness (QED) is 0.399. The Morgan fingerprint density at radius 2 is 2.04 bits per heavy atom. The van der Waals surface area contributed by atoms with Crippen LogP contribution in [0.4, 0.5) is 0 Å². The lowest BCUT2D eigenvalue weighted by atomic mass is 10.1. The Balaban J connectivity index is 0.00000264. The molecule has 1 unspecified atom stereocenters. The average Bonchev–Trinajstić information content (AvgIpc) is 3.05. The molecule has 0 amide bonds. The zero-order chi connectivity index (χ0) is 15.8. The Bertz CT molecular complexity index is 596. The Hall–Kier alpha value is -1.08. The highest BCUT2D eigenvalue weighted by Gasteiger charge is 2.07. The summed E-state index contributed by atoms with van der Waals surface area (Å²) in [6, 6.07) is 12.9. The molecule has 0 aliphatic rings. The summed E-state index contributed by atoms with van der Waals surface area (Å²) in [6.07, 6.45) is 1.00. The maximum absolute atomic E-state index is 4.29. The fourth-order valence-electron chi connectivity index (χ4n) is 2.34. The van der Waals surface area contributed by atoms with Gasteiger partial charge in [0.1, 0.15) is 0 Å². The lowest BCUT2D eigenvalue weighted by Gasteiger charge is -2.15. The van der Waals surface area contributed by atoms with Crippen LogP contribution >= 0.6 is 35.3 Å². The van der Waals surface area contributed by atoms with Crippen molar-refractivity contribution < 1.29 is 0 Å². The summed E-state index contributed by atoms with van der Waals surface area (Å²) in [4.78, 5) is 5.69. The molecule has 0 saturated carbocycles. The van der Waals surface area contributed by atoms with E-state index in [4.69, 9.17) is 0 Å². The van der Waals surface area contributed by atoms with Gasteiger partial charge in [-0.1, -0.05) is 42.8 Å². The van der Waals surface area contributed by atoms with Crippen LogP contribution in [-0.2, 0) is 6.42 Å². The van der Waals surface area contributed by atoms with Crippen LogP contribution in [0, 0.1) is 6.92 Å². The first-order valence-electron chi connectivity index (χ1n) is 7.72. The second-order valence-corrected chi connectivity index (χ2v) is 6.51. The molecule has 1 atom stereocenters. The minimum Gasteiger partial charge on any atom is -0.356 e. The number of thiophene rings is 1. The van der Waals surface area contributed by atoms with Crippen molar-refractivity contribution in [1.29, 1.82) is 0 Å². The second-order valence-electron chi connectivity index (χ2n) is 5.54. The average molecular weight is 443 g/mol. The normalized spacial score (nSPS) is 12.4. The van der Waals surface area contributed by atoms with Crippen molar-refractivity contribution in [3.05, 3.63) is 57.8 Å². The summed E-state index contributed by atoms with van der Waals surface area (Å²) in [5.41, 5.74) is 2.67. The maximum Gasteiger partial charge on any atom is 0.191 e. The molecule has 0 fully saturated rings. The first kappa shape index (κ1) is 20.0. The predicted octanol–water partition coefficient (Wildman–Crippen LogP) is 4.19. The number of aliphatic imine (C=N–C) groups is 1. The molecule has 0 aliphatic carbocycles. The number of nitrogens with zero attached hydrogens (tertiary/aromatic N) is 1. The van der Waals surface area contributed by atoms with E-state index in [1.807, 2.05) is 7.05 Å². The van der Waals surface area contributed by atoms with Crippen LogP contribution in [-0.4, -0.2) is 26.1 Å². The summed E-state index contributed by atoms with van der Waals surface area (Å²) in [5, 5.41) is 8.91. The summed E-state index contributed by atoms with van der Waals surface area (Å²) in [5.74, 6) is 1.37. The maximum atomic E-state index is 4.29. The highest BCUT2D eigenvalue weighted by molar-refractivity contribution is 14.0. The number of nitrogens with one attached hydrogen (secondary N) is 2. The zero-order valence-corrected chi connectivity index (χ0v) is 17.2. The van der Waals surface area contributed by atoms with E-state index < -0.39 is 0 Å². The van der Waals surface area contributed by atoms with Crippen LogP contribution in [0.3, 0.4) is 0 Å². The van der Waals surface area contributed by atoms with Gasteiger partial charge in [-0.05, 0) is 30.4 Å². The highest BCUT2D eigenvalue weighted by Crippen LogP contribution is 2.19. The van der Waals surface area contributed by atoms with Crippen molar-refractivity contribution >= 4 is 41.3 Å².